The zero-order chi connectivity index (χ0) is 35.0. The molecule has 0 heterocycles. The third kappa shape index (κ3) is 38.1. The number of aliphatic carboxylic acids is 1. The van der Waals surface area contributed by atoms with E-state index in [-0.39, 0.29) is 12.1 Å². The molecule has 1 unspecified atom stereocenters. The Morgan fingerprint density at radius 1 is 0.479 bits per heavy atom. The van der Waals surface area contributed by atoms with Gasteiger partial charge in [0, 0.05) is 12.8 Å². The molecule has 0 aromatic rings. The summed E-state index contributed by atoms with van der Waals surface area (Å²) in [5.74, 6) is -0.665. The van der Waals surface area contributed by atoms with Gasteiger partial charge in [-0.2, -0.15) is 0 Å². The van der Waals surface area contributed by atoms with Crippen LogP contribution in [0.4, 0.5) is 0 Å². The largest absolute Gasteiger partial charge is 0.481 e. The molecule has 0 bridgehead atoms. The van der Waals surface area contributed by atoms with E-state index in [1.165, 1.54) is 77.0 Å². The molecule has 1 atom stereocenters. The Hall–Kier alpha value is -2.36. The molecule has 1 N–H and O–H groups in total. The number of hydrogen-bond acceptors (Lipinski definition) is 3. The van der Waals surface area contributed by atoms with Gasteiger partial charge in [-0.05, 0) is 77.0 Å². The number of hydrogen-bond donors (Lipinski definition) is 1. The average Bonchev–Trinajstić information content (AvgIpc) is 3.07. The van der Waals surface area contributed by atoms with E-state index in [4.69, 9.17) is 9.84 Å². The Morgan fingerprint density at radius 2 is 0.875 bits per heavy atom. The number of carboxylic acids is 1. The molecular formula is C44H76O4. The number of esters is 1. The fourth-order valence-electron chi connectivity index (χ4n) is 5.79. The molecule has 0 aromatic carbocycles. The van der Waals surface area contributed by atoms with Crippen molar-refractivity contribution in [2.24, 2.45) is 0 Å². The van der Waals surface area contributed by atoms with E-state index in [0.717, 1.165) is 96.3 Å². The van der Waals surface area contributed by atoms with E-state index in [9.17, 15) is 9.59 Å². The van der Waals surface area contributed by atoms with Crippen molar-refractivity contribution < 1.29 is 19.4 Å². The maximum absolute atomic E-state index is 12.5. The lowest BCUT2D eigenvalue weighted by atomic mass is 10.0. The van der Waals surface area contributed by atoms with Crippen molar-refractivity contribution >= 4 is 11.9 Å². The van der Waals surface area contributed by atoms with Gasteiger partial charge in [0.15, 0.2) is 0 Å². The molecule has 276 valence electrons. The Morgan fingerprint density at radius 3 is 1.35 bits per heavy atom. The van der Waals surface area contributed by atoms with Crippen molar-refractivity contribution in [2.75, 3.05) is 0 Å². The second-order valence-corrected chi connectivity index (χ2v) is 13.4. The number of allylic oxidation sites excluding steroid dienone is 10. The second kappa shape index (κ2) is 39.1. The lowest BCUT2D eigenvalue weighted by molar-refractivity contribution is -0.150. The fraction of sp³-hybridized carbons (Fsp3) is 0.727. The van der Waals surface area contributed by atoms with Crippen molar-refractivity contribution in [3.8, 4) is 0 Å². The summed E-state index contributed by atoms with van der Waals surface area (Å²) in [5, 5.41) is 8.67. The normalized spacial score (nSPS) is 12.9. The molecular weight excluding hydrogens is 592 g/mol. The number of carbonyl (C=O) groups is 2. The molecule has 0 spiro atoms. The summed E-state index contributed by atoms with van der Waals surface area (Å²) in [6.07, 6.45) is 54.3. The van der Waals surface area contributed by atoms with Crippen LogP contribution in [0.3, 0.4) is 0 Å². The van der Waals surface area contributed by atoms with Crippen LogP contribution >= 0.6 is 0 Å². The minimum atomic E-state index is -0.669. The number of carbonyl (C=O) groups excluding carboxylic acids is 1. The first-order valence-corrected chi connectivity index (χ1v) is 20.3. The van der Waals surface area contributed by atoms with Crippen LogP contribution in [0.15, 0.2) is 60.8 Å². The first-order chi connectivity index (χ1) is 23.6. The van der Waals surface area contributed by atoms with E-state index < -0.39 is 5.97 Å². The standard InChI is InChI=1S/C44H76O4/c1-3-5-7-8-9-10-11-12-13-14-15-16-17-22-25-28-31-34-37-41-44(47)48-42(38-6-4-2)39-35-32-29-26-23-20-18-19-21-24-27-30-33-36-40-43(45)46/h5,7,9-10,12-13,15-16,22,25,42H,3-4,6,8,11,14,17-21,23-24,26-41H2,1-2H3,(H,45,46)/b7-5-,10-9-,13-12-,16-15-,25-22-. The predicted octanol–water partition coefficient (Wildman–Crippen LogP) is 14.1. The van der Waals surface area contributed by atoms with E-state index in [1.54, 1.807) is 0 Å². The highest BCUT2D eigenvalue weighted by atomic mass is 16.5. The summed E-state index contributed by atoms with van der Waals surface area (Å²) in [6, 6.07) is 0. The van der Waals surface area contributed by atoms with Crippen LogP contribution in [0, 0.1) is 0 Å². The molecule has 4 nitrogen and oxygen atoms in total. The Kier molecular flexibility index (Phi) is 37.2. The topological polar surface area (TPSA) is 63.6 Å². The summed E-state index contributed by atoms with van der Waals surface area (Å²) in [4.78, 5) is 23.0. The van der Waals surface area contributed by atoms with Crippen LogP contribution in [-0.2, 0) is 14.3 Å². The van der Waals surface area contributed by atoms with Crippen LogP contribution in [-0.4, -0.2) is 23.1 Å². The molecule has 0 rings (SSSR count). The molecule has 0 amide bonds. The lowest BCUT2D eigenvalue weighted by Gasteiger charge is -2.18. The SMILES string of the molecule is CC/C=C\C/C=C\C/C=C\C/C=C\C/C=C\CCCCCC(=O)OC(CCCC)CCCCCCCCCCCCCCCCC(=O)O. The highest BCUT2D eigenvalue weighted by Gasteiger charge is 2.13. The molecule has 4 heteroatoms. The van der Waals surface area contributed by atoms with Gasteiger partial charge in [0.25, 0.3) is 0 Å². The quantitative estimate of drug-likeness (QED) is 0.0410. The van der Waals surface area contributed by atoms with Gasteiger partial charge in [0.05, 0.1) is 0 Å². The van der Waals surface area contributed by atoms with Crippen LogP contribution in [0.25, 0.3) is 0 Å². The summed E-state index contributed by atoms with van der Waals surface area (Å²) in [7, 11) is 0. The number of rotatable bonds is 36. The van der Waals surface area contributed by atoms with Crippen LogP contribution in [0.1, 0.15) is 200 Å². The monoisotopic (exact) mass is 669 g/mol. The molecule has 0 aliphatic carbocycles. The van der Waals surface area contributed by atoms with Gasteiger partial charge in [-0.15, -0.1) is 0 Å². The second-order valence-electron chi connectivity index (χ2n) is 13.4. The van der Waals surface area contributed by atoms with Gasteiger partial charge in [-0.1, -0.05) is 171 Å². The van der Waals surface area contributed by atoms with E-state index in [2.05, 4.69) is 74.6 Å². The number of carboxylic acid groups (broad SMARTS) is 1. The third-order valence-corrected chi connectivity index (χ3v) is 8.75. The predicted molar refractivity (Wildman–Crippen MR) is 208 cm³/mol. The molecule has 0 fully saturated rings. The van der Waals surface area contributed by atoms with E-state index in [0.29, 0.717) is 12.8 Å². The molecule has 0 aliphatic rings. The summed E-state index contributed by atoms with van der Waals surface area (Å²) < 4.78 is 5.92. The van der Waals surface area contributed by atoms with Gasteiger partial charge in [0.1, 0.15) is 6.10 Å². The van der Waals surface area contributed by atoms with E-state index in [1.807, 2.05) is 0 Å². The average molecular weight is 669 g/mol. The van der Waals surface area contributed by atoms with Gasteiger partial charge in [0.2, 0.25) is 0 Å². The zero-order valence-electron chi connectivity index (χ0n) is 31.5. The van der Waals surface area contributed by atoms with Crippen LogP contribution in [0.2, 0.25) is 0 Å². The fourth-order valence-corrected chi connectivity index (χ4v) is 5.79. The maximum Gasteiger partial charge on any atom is 0.306 e. The van der Waals surface area contributed by atoms with Crippen LogP contribution in [0.5, 0.6) is 0 Å². The van der Waals surface area contributed by atoms with Crippen molar-refractivity contribution in [2.45, 2.75) is 206 Å². The zero-order valence-corrected chi connectivity index (χ0v) is 31.5. The van der Waals surface area contributed by atoms with Gasteiger partial charge in [-0.3, -0.25) is 9.59 Å². The van der Waals surface area contributed by atoms with E-state index >= 15 is 0 Å². The summed E-state index contributed by atoms with van der Waals surface area (Å²) in [5.41, 5.74) is 0. The Balaban J connectivity index is 3.73. The molecule has 0 radical (unpaired) electrons. The van der Waals surface area contributed by atoms with Crippen LogP contribution < -0.4 is 0 Å². The summed E-state index contributed by atoms with van der Waals surface area (Å²) in [6.45, 7) is 4.37. The highest BCUT2D eigenvalue weighted by molar-refractivity contribution is 5.69. The Bertz CT molecular complexity index is 850. The number of ether oxygens (including phenoxy) is 1. The number of unbranched alkanes of at least 4 members (excludes halogenated alkanes) is 17. The molecule has 0 aromatic heterocycles. The minimum Gasteiger partial charge on any atom is -0.481 e. The van der Waals surface area contributed by atoms with Gasteiger partial charge < -0.3 is 9.84 Å². The maximum atomic E-state index is 12.5. The molecule has 48 heavy (non-hydrogen) atoms. The van der Waals surface area contributed by atoms with Gasteiger partial charge in [-0.25, -0.2) is 0 Å². The van der Waals surface area contributed by atoms with Crippen molar-refractivity contribution in [3.63, 3.8) is 0 Å². The third-order valence-electron chi connectivity index (χ3n) is 8.75. The first kappa shape index (κ1) is 45.6. The summed E-state index contributed by atoms with van der Waals surface area (Å²) >= 11 is 0. The smallest absolute Gasteiger partial charge is 0.306 e. The Labute approximate surface area is 297 Å². The minimum absolute atomic E-state index is 0.00386. The lowest BCUT2D eigenvalue weighted by Crippen LogP contribution is -2.18. The van der Waals surface area contributed by atoms with Gasteiger partial charge >= 0.3 is 11.9 Å². The molecule has 0 saturated heterocycles. The molecule has 0 saturated carbocycles. The van der Waals surface area contributed by atoms with Crippen molar-refractivity contribution in [1.82, 2.24) is 0 Å². The van der Waals surface area contributed by atoms with Crippen molar-refractivity contribution in [3.05, 3.63) is 60.8 Å². The molecule has 0 aliphatic heterocycles. The highest BCUT2D eigenvalue weighted by Crippen LogP contribution is 2.18. The van der Waals surface area contributed by atoms with Crippen molar-refractivity contribution in [1.29, 1.82) is 0 Å². The first-order valence-electron chi connectivity index (χ1n) is 20.3.